The Morgan fingerprint density at radius 2 is 1.72 bits per heavy atom. The highest BCUT2D eigenvalue weighted by molar-refractivity contribution is 5.77. The van der Waals surface area contributed by atoms with E-state index in [1.165, 1.54) is 30.3 Å². The number of rotatable bonds is 13. The number of piperidine rings is 1. The Morgan fingerprint density at radius 3 is 2.48 bits per heavy atom. The molecular weight excluding hydrogens is 572 g/mol. The minimum absolute atomic E-state index is 0.116. The van der Waals surface area contributed by atoms with Crippen LogP contribution in [-0.4, -0.2) is 64.8 Å². The molecule has 2 fully saturated rings. The van der Waals surface area contributed by atoms with Gasteiger partial charge in [0.1, 0.15) is 6.61 Å². The van der Waals surface area contributed by atoms with Gasteiger partial charge in [-0.3, -0.25) is 4.57 Å². The van der Waals surface area contributed by atoms with Gasteiger partial charge in [-0.2, -0.15) is 4.98 Å². The molecule has 2 heterocycles. The lowest BCUT2D eigenvalue weighted by Gasteiger charge is -2.39. The van der Waals surface area contributed by atoms with E-state index >= 15 is 0 Å². The lowest BCUT2D eigenvalue weighted by molar-refractivity contribution is 0.0835. The van der Waals surface area contributed by atoms with Gasteiger partial charge in [0.25, 0.3) is 6.01 Å². The molecule has 7 nitrogen and oxygen atoms in total. The van der Waals surface area contributed by atoms with Crippen LogP contribution in [-0.2, 0) is 11.3 Å². The van der Waals surface area contributed by atoms with Crippen molar-refractivity contribution in [3.05, 3.63) is 96.1 Å². The van der Waals surface area contributed by atoms with Gasteiger partial charge in [-0.25, -0.2) is 4.79 Å². The third-order valence-electron chi connectivity index (χ3n) is 10.5. The van der Waals surface area contributed by atoms with E-state index in [9.17, 15) is 4.79 Å². The summed E-state index contributed by atoms with van der Waals surface area (Å²) in [5, 5.41) is 0. The van der Waals surface area contributed by atoms with Crippen LogP contribution < -0.4 is 4.74 Å². The van der Waals surface area contributed by atoms with E-state index < -0.39 is 0 Å². The smallest absolute Gasteiger partial charge is 0.410 e. The molecule has 1 aliphatic carbocycles. The van der Waals surface area contributed by atoms with Crippen LogP contribution in [0.2, 0.25) is 0 Å². The van der Waals surface area contributed by atoms with Crippen molar-refractivity contribution in [1.82, 2.24) is 19.4 Å². The molecule has 1 saturated carbocycles. The predicted molar refractivity (Wildman–Crippen MR) is 184 cm³/mol. The van der Waals surface area contributed by atoms with Crippen LogP contribution in [0.5, 0.6) is 6.01 Å². The van der Waals surface area contributed by atoms with E-state index in [1.54, 1.807) is 7.11 Å². The standard InChI is InChI=1S/C39H50N4O3/c1-4-14-33(41(2)39(44)46-28-29-15-7-5-8-16-29)25-31(30-17-9-6-10-18-30)22-24-42-23-13-19-32-26-34(27-37(32)42)43-36-21-12-11-20-35(36)40-38(43)45-3/h5-12,15-18,20-21,31-34,37H,4,13-14,19,22-28H2,1-3H3. The van der Waals surface area contributed by atoms with Crippen molar-refractivity contribution in [3.8, 4) is 6.01 Å². The average molecular weight is 623 g/mol. The molecule has 1 amide bonds. The number of amides is 1. The number of carbonyl (C=O) groups is 1. The predicted octanol–water partition coefficient (Wildman–Crippen LogP) is 8.46. The number of fused-ring (bicyclic) bond motifs is 2. The van der Waals surface area contributed by atoms with Gasteiger partial charge in [0, 0.05) is 25.2 Å². The van der Waals surface area contributed by atoms with Crippen molar-refractivity contribution in [2.75, 3.05) is 27.2 Å². The number of methoxy groups -OCH3 is 1. The molecular formula is C39H50N4O3. The molecule has 0 radical (unpaired) electrons. The van der Waals surface area contributed by atoms with Crippen LogP contribution in [0.15, 0.2) is 84.9 Å². The molecule has 0 N–H and O–H groups in total. The summed E-state index contributed by atoms with van der Waals surface area (Å²) in [7, 11) is 3.65. The van der Waals surface area contributed by atoms with E-state index in [2.05, 4.69) is 71.0 Å². The number of para-hydroxylation sites is 2. The fourth-order valence-electron chi connectivity index (χ4n) is 8.13. The SMILES string of the molecule is CCCC(CC(CCN1CCCC2CC(n3c(OC)nc4ccccc43)CC21)c1ccccc1)N(C)C(=O)OCc1ccccc1. The molecule has 1 aliphatic heterocycles. The Bertz CT molecular complexity index is 1540. The van der Waals surface area contributed by atoms with Gasteiger partial charge in [0.2, 0.25) is 0 Å². The maximum atomic E-state index is 13.2. The molecule has 7 heteroatoms. The molecule has 46 heavy (non-hydrogen) atoms. The monoisotopic (exact) mass is 622 g/mol. The first-order chi connectivity index (χ1) is 22.6. The van der Waals surface area contributed by atoms with Crippen molar-refractivity contribution in [2.45, 2.75) is 88.9 Å². The highest BCUT2D eigenvalue weighted by atomic mass is 16.6. The lowest BCUT2D eigenvalue weighted by Crippen LogP contribution is -2.43. The number of nitrogens with zero attached hydrogens (tertiary/aromatic N) is 4. The zero-order chi connectivity index (χ0) is 31.9. The zero-order valence-corrected chi connectivity index (χ0v) is 27.8. The normalized spacial score (nSPS) is 21.1. The molecule has 5 atom stereocenters. The molecule has 3 aromatic carbocycles. The number of benzene rings is 3. The Labute approximate surface area is 274 Å². The number of imidazole rings is 1. The van der Waals surface area contributed by atoms with Crippen molar-refractivity contribution < 1.29 is 14.3 Å². The zero-order valence-electron chi connectivity index (χ0n) is 27.8. The largest absolute Gasteiger partial charge is 0.468 e. The Hall–Kier alpha value is -3.84. The van der Waals surface area contributed by atoms with Crippen molar-refractivity contribution in [3.63, 3.8) is 0 Å². The van der Waals surface area contributed by atoms with Gasteiger partial charge in [-0.15, -0.1) is 0 Å². The molecule has 6 rings (SSSR count). The molecule has 1 aromatic heterocycles. The first kappa shape index (κ1) is 32.1. The topological polar surface area (TPSA) is 59.8 Å². The Kier molecular flexibility index (Phi) is 10.6. The molecule has 244 valence electrons. The summed E-state index contributed by atoms with van der Waals surface area (Å²) in [5.74, 6) is 1.05. The molecule has 2 aliphatic rings. The van der Waals surface area contributed by atoms with Crippen LogP contribution in [0.1, 0.15) is 81.4 Å². The van der Waals surface area contributed by atoms with E-state index in [0.29, 0.717) is 30.5 Å². The van der Waals surface area contributed by atoms with E-state index in [1.807, 2.05) is 42.3 Å². The maximum absolute atomic E-state index is 13.2. The van der Waals surface area contributed by atoms with Gasteiger partial charge in [0.15, 0.2) is 0 Å². The van der Waals surface area contributed by atoms with Gasteiger partial charge in [-0.1, -0.05) is 86.1 Å². The molecule has 4 aromatic rings. The second-order valence-corrected chi connectivity index (χ2v) is 13.3. The minimum atomic E-state index is -0.243. The quantitative estimate of drug-likeness (QED) is 0.150. The van der Waals surface area contributed by atoms with E-state index in [4.69, 9.17) is 14.5 Å². The first-order valence-corrected chi connectivity index (χ1v) is 17.3. The average Bonchev–Trinajstić information content (AvgIpc) is 3.70. The van der Waals surface area contributed by atoms with Crippen molar-refractivity contribution >= 4 is 17.1 Å². The second-order valence-electron chi connectivity index (χ2n) is 13.3. The minimum Gasteiger partial charge on any atom is -0.468 e. The Balaban J connectivity index is 1.14. The maximum Gasteiger partial charge on any atom is 0.410 e. The molecule has 0 spiro atoms. The van der Waals surface area contributed by atoms with Crippen molar-refractivity contribution in [2.24, 2.45) is 5.92 Å². The summed E-state index contributed by atoms with van der Waals surface area (Å²) >= 11 is 0. The van der Waals surface area contributed by atoms with Gasteiger partial charge < -0.3 is 19.3 Å². The lowest BCUT2D eigenvalue weighted by atomic mass is 9.86. The fraction of sp³-hybridized carbons (Fsp3) is 0.487. The molecule has 5 unspecified atom stereocenters. The number of hydrogen-bond acceptors (Lipinski definition) is 5. The van der Waals surface area contributed by atoms with Crippen LogP contribution in [0, 0.1) is 5.92 Å². The fourth-order valence-corrected chi connectivity index (χ4v) is 8.13. The summed E-state index contributed by atoms with van der Waals surface area (Å²) in [6.07, 6.45) is 8.58. The van der Waals surface area contributed by atoms with Crippen LogP contribution in [0.25, 0.3) is 11.0 Å². The van der Waals surface area contributed by atoms with Crippen LogP contribution >= 0.6 is 0 Å². The number of aromatic nitrogens is 2. The summed E-state index contributed by atoms with van der Waals surface area (Å²) in [4.78, 5) is 22.6. The molecule has 1 saturated heterocycles. The number of likely N-dealkylation sites (tertiary alicyclic amines) is 1. The van der Waals surface area contributed by atoms with Gasteiger partial charge in [0.05, 0.1) is 18.1 Å². The highest BCUT2D eigenvalue weighted by Crippen LogP contribution is 2.45. The third-order valence-corrected chi connectivity index (χ3v) is 10.5. The third kappa shape index (κ3) is 7.25. The molecule has 0 bridgehead atoms. The van der Waals surface area contributed by atoms with Crippen LogP contribution in [0.3, 0.4) is 0 Å². The number of carbonyl (C=O) groups excluding carboxylic acids is 1. The summed E-state index contributed by atoms with van der Waals surface area (Å²) in [6.45, 7) is 4.72. The Morgan fingerprint density at radius 1 is 0.978 bits per heavy atom. The second kappa shape index (κ2) is 15.2. The summed E-state index contributed by atoms with van der Waals surface area (Å²) in [6, 6.07) is 31.1. The number of ether oxygens (including phenoxy) is 2. The number of hydrogen-bond donors (Lipinski definition) is 0. The first-order valence-electron chi connectivity index (χ1n) is 17.3. The van der Waals surface area contributed by atoms with Gasteiger partial charge >= 0.3 is 6.09 Å². The van der Waals surface area contributed by atoms with E-state index in [-0.39, 0.29) is 12.1 Å². The highest BCUT2D eigenvalue weighted by Gasteiger charge is 2.42. The van der Waals surface area contributed by atoms with E-state index in [0.717, 1.165) is 62.3 Å². The van der Waals surface area contributed by atoms with Crippen LogP contribution in [0.4, 0.5) is 4.79 Å². The van der Waals surface area contributed by atoms with Gasteiger partial charge in [-0.05, 0) is 93.1 Å². The summed E-state index contributed by atoms with van der Waals surface area (Å²) in [5.41, 5.74) is 4.55. The van der Waals surface area contributed by atoms with Crippen molar-refractivity contribution in [1.29, 1.82) is 0 Å². The summed E-state index contributed by atoms with van der Waals surface area (Å²) < 4.78 is 13.9.